The number of nitrogens with one attached hydrogen (secondary N) is 1. The number of hydrogen-bond donors (Lipinski definition) is 1. The number of unbranched alkanes of at least 4 members (excludes halogenated alkanes) is 5. The first-order chi connectivity index (χ1) is 15.5. The quantitative estimate of drug-likeness (QED) is 0.299. The summed E-state index contributed by atoms with van der Waals surface area (Å²) < 4.78 is 11.8. The number of carbonyl (C=O) groups is 1. The van der Waals surface area contributed by atoms with Gasteiger partial charge in [-0.1, -0.05) is 72.6 Å². The highest BCUT2D eigenvalue weighted by molar-refractivity contribution is 5.77. The van der Waals surface area contributed by atoms with Crippen molar-refractivity contribution in [1.82, 2.24) is 15.5 Å². The lowest BCUT2D eigenvalue weighted by Gasteiger charge is -2.12. The number of amides is 1. The number of carbonyl (C=O) groups excluding carboxylic acids is 1. The van der Waals surface area contributed by atoms with Crippen LogP contribution >= 0.6 is 0 Å². The fourth-order valence-electron chi connectivity index (χ4n) is 3.61. The van der Waals surface area contributed by atoms with Gasteiger partial charge in [-0.25, -0.2) is 0 Å². The van der Waals surface area contributed by atoms with Gasteiger partial charge in [0.05, 0.1) is 6.54 Å². The molecule has 6 heteroatoms. The molecule has 0 bridgehead atoms. The Kier molecular flexibility index (Phi) is 11.8. The Hall–Kier alpha value is -2.37. The summed E-state index contributed by atoms with van der Waals surface area (Å²) in [4.78, 5) is 11.6. The van der Waals surface area contributed by atoms with Crippen LogP contribution in [0.3, 0.4) is 0 Å². The number of ether oxygens (including phenoxy) is 1. The second-order valence-corrected chi connectivity index (χ2v) is 8.81. The zero-order chi connectivity index (χ0) is 23.2. The third kappa shape index (κ3) is 9.01. The van der Waals surface area contributed by atoms with Gasteiger partial charge < -0.3 is 14.5 Å². The van der Waals surface area contributed by atoms with Crippen molar-refractivity contribution in [3.8, 4) is 17.2 Å². The first kappa shape index (κ1) is 25.9. The third-order valence-electron chi connectivity index (χ3n) is 5.65. The number of aromatic nitrogens is 2. The molecule has 1 atom stereocenters. The van der Waals surface area contributed by atoms with Gasteiger partial charge in [-0.3, -0.25) is 4.79 Å². The Bertz CT molecular complexity index is 771. The predicted molar refractivity (Wildman–Crippen MR) is 129 cm³/mol. The van der Waals surface area contributed by atoms with Crippen LogP contribution in [0.25, 0.3) is 11.5 Å². The van der Waals surface area contributed by atoms with Crippen LogP contribution in [0.2, 0.25) is 0 Å². The molecule has 1 amide bonds. The Morgan fingerprint density at radius 3 is 2.28 bits per heavy atom. The fraction of sp³-hybridized carbons (Fsp3) is 0.654. The highest BCUT2D eigenvalue weighted by Crippen LogP contribution is 2.30. The average Bonchev–Trinajstić information content (AvgIpc) is 3.28. The molecule has 1 heterocycles. The van der Waals surface area contributed by atoms with E-state index in [1.165, 1.54) is 44.9 Å². The molecule has 1 unspecified atom stereocenters. The SMILES string of the molecule is CCCCCCC(CCCCC)c1nnc(-c2ccc(OCCNC(=O)C(C)C)cc2)o1. The van der Waals surface area contributed by atoms with E-state index in [2.05, 4.69) is 29.4 Å². The normalized spacial score (nSPS) is 12.2. The van der Waals surface area contributed by atoms with Crippen molar-refractivity contribution in [2.24, 2.45) is 5.92 Å². The van der Waals surface area contributed by atoms with E-state index >= 15 is 0 Å². The lowest BCUT2D eigenvalue weighted by Crippen LogP contribution is -2.31. The summed E-state index contributed by atoms with van der Waals surface area (Å²) in [5.41, 5.74) is 0.891. The molecule has 0 fully saturated rings. The number of hydrogen-bond acceptors (Lipinski definition) is 5. The standard InChI is InChI=1S/C26H41N3O3/c1-5-7-9-11-13-21(12-10-8-6-2)25-28-29-26(32-25)22-14-16-23(17-15-22)31-19-18-27-24(30)20(3)4/h14-17,20-21H,5-13,18-19H2,1-4H3,(H,27,30). The van der Waals surface area contributed by atoms with Crippen molar-refractivity contribution >= 4 is 5.91 Å². The van der Waals surface area contributed by atoms with E-state index in [4.69, 9.17) is 9.15 Å². The van der Waals surface area contributed by atoms with Crippen LogP contribution in [0.4, 0.5) is 0 Å². The maximum Gasteiger partial charge on any atom is 0.247 e. The molecule has 1 aromatic heterocycles. The van der Waals surface area contributed by atoms with Gasteiger partial charge in [0.15, 0.2) is 0 Å². The molecule has 0 spiro atoms. The van der Waals surface area contributed by atoms with E-state index in [1.54, 1.807) is 0 Å². The monoisotopic (exact) mass is 443 g/mol. The Morgan fingerprint density at radius 1 is 0.969 bits per heavy atom. The highest BCUT2D eigenvalue weighted by atomic mass is 16.5. The van der Waals surface area contributed by atoms with Crippen LogP contribution in [0.1, 0.15) is 97.3 Å². The predicted octanol–water partition coefficient (Wildman–Crippen LogP) is 6.52. The molecule has 1 aromatic carbocycles. The van der Waals surface area contributed by atoms with Gasteiger partial charge in [-0.2, -0.15) is 0 Å². The van der Waals surface area contributed by atoms with E-state index in [-0.39, 0.29) is 11.8 Å². The van der Waals surface area contributed by atoms with Crippen LogP contribution in [-0.4, -0.2) is 29.3 Å². The molecule has 2 aromatic rings. The van der Waals surface area contributed by atoms with Crippen molar-refractivity contribution in [1.29, 1.82) is 0 Å². The summed E-state index contributed by atoms with van der Waals surface area (Å²) in [6.07, 6.45) is 10.9. The summed E-state index contributed by atoms with van der Waals surface area (Å²) in [7, 11) is 0. The highest BCUT2D eigenvalue weighted by Gasteiger charge is 2.19. The van der Waals surface area contributed by atoms with Gasteiger partial charge in [0.25, 0.3) is 0 Å². The molecule has 0 radical (unpaired) electrons. The minimum absolute atomic E-state index is 0.0174. The van der Waals surface area contributed by atoms with Crippen LogP contribution in [0.5, 0.6) is 5.75 Å². The zero-order valence-electron chi connectivity index (χ0n) is 20.4. The third-order valence-corrected chi connectivity index (χ3v) is 5.65. The minimum Gasteiger partial charge on any atom is -0.492 e. The van der Waals surface area contributed by atoms with Gasteiger partial charge in [0.2, 0.25) is 17.7 Å². The van der Waals surface area contributed by atoms with Crippen molar-refractivity contribution in [3.05, 3.63) is 30.2 Å². The van der Waals surface area contributed by atoms with Crippen molar-refractivity contribution in [2.75, 3.05) is 13.2 Å². The largest absolute Gasteiger partial charge is 0.492 e. The van der Waals surface area contributed by atoms with E-state index in [0.29, 0.717) is 25.0 Å². The second-order valence-electron chi connectivity index (χ2n) is 8.81. The number of rotatable bonds is 16. The maximum atomic E-state index is 11.6. The summed E-state index contributed by atoms with van der Waals surface area (Å²) in [6, 6.07) is 7.67. The molecule has 0 aliphatic carbocycles. The second kappa shape index (κ2) is 14.6. The molecule has 178 valence electrons. The van der Waals surface area contributed by atoms with E-state index in [1.807, 2.05) is 38.1 Å². The Morgan fingerprint density at radius 2 is 1.62 bits per heavy atom. The maximum absolute atomic E-state index is 11.6. The molecular formula is C26H41N3O3. The summed E-state index contributed by atoms with van der Waals surface area (Å²) in [5, 5.41) is 11.6. The molecule has 0 saturated carbocycles. The molecular weight excluding hydrogens is 402 g/mol. The van der Waals surface area contributed by atoms with Crippen molar-refractivity contribution in [2.45, 2.75) is 91.4 Å². The molecule has 0 aliphatic rings. The molecule has 1 N–H and O–H groups in total. The van der Waals surface area contributed by atoms with E-state index in [9.17, 15) is 4.79 Å². The van der Waals surface area contributed by atoms with Crippen molar-refractivity contribution < 1.29 is 13.9 Å². The van der Waals surface area contributed by atoms with Crippen LogP contribution in [0.15, 0.2) is 28.7 Å². The Balaban J connectivity index is 1.91. The van der Waals surface area contributed by atoms with Crippen LogP contribution in [0, 0.1) is 5.92 Å². The first-order valence-electron chi connectivity index (χ1n) is 12.4. The van der Waals surface area contributed by atoms with Crippen LogP contribution in [-0.2, 0) is 4.79 Å². The minimum atomic E-state index is -0.0174. The summed E-state index contributed by atoms with van der Waals surface area (Å²) in [5.74, 6) is 2.45. The molecule has 0 saturated heterocycles. The summed E-state index contributed by atoms with van der Waals surface area (Å²) in [6.45, 7) is 9.14. The Labute approximate surface area is 193 Å². The molecule has 0 aliphatic heterocycles. The topological polar surface area (TPSA) is 77.3 Å². The smallest absolute Gasteiger partial charge is 0.247 e. The van der Waals surface area contributed by atoms with E-state index < -0.39 is 0 Å². The lowest BCUT2D eigenvalue weighted by atomic mass is 9.94. The van der Waals surface area contributed by atoms with Gasteiger partial charge in [-0.05, 0) is 37.1 Å². The molecule has 2 rings (SSSR count). The number of nitrogens with zero attached hydrogens (tertiary/aromatic N) is 2. The van der Waals surface area contributed by atoms with Gasteiger partial charge in [0.1, 0.15) is 12.4 Å². The zero-order valence-corrected chi connectivity index (χ0v) is 20.4. The first-order valence-corrected chi connectivity index (χ1v) is 12.4. The van der Waals surface area contributed by atoms with Crippen molar-refractivity contribution in [3.63, 3.8) is 0 Å². The van der Waals surface area contributed by atoms with Gasteiger partial charge >= 0.3 is 0 Å². The van der Waals surface area contributed by atoms with Crippen LogP contribution < -0.4 is 10.1 Å². The summed E-state index contributed by atoms with van der Waals surface area (Å²) >= 11 is 0. The fourth-order valence-corrected chi connectivity index (χ4v) is 3.61. The van der Waals surface area contributed by atoms with Gasteiger partial charge in [0, 0.05) is 17.4 Å². The lowest BCUT2D eigenvalue weighted by molar-refractivity contribution is -0.124. The van der Waals surface area contributed by atoms with E-state index in [0.717, 1.165) is 30.0 Å². The average molecular weight is 444 g/mol. The number of benzene rings is 1. The molecule has 32 heavy (non-hydrogen) atoms. The molecule has 6 nitrogen and oxygen atoms in total. The van der Waals surface area contributed by atoms with Gasteiger partial charge in [-0.15, -0.1) is 10.2 Å².